The number of halogens is 3. The van der Waals surface area contributed by atoms with E-state index in [-0.39, 0.29) is 5.82 Å². The molecule has 9 nitrogen and oxygen atoms in total. The first-order valence-corrected chi connectivity index (χ1v) is 9.96. The number of hydrogen-bond acceptors (Lipinski definition) is 6. The summed E-state index contributed by atoms with van der Waals surface area (Å²) in [6, 6.07) is 4.25. The highest BCUT2D eigenvalue weighted by molar-refractivity contribution is 6.05. The summed E-state index contributed by atoms with van der Waals surface area (Å²) in [5.41, 5.74) is 2.13. The first kappa shape index (κ1) is 21.5. The molecule has 174 valence electrons. The number of nitrogens with zero attached hydrogens (tertiary/aromatic N) is 6. The van der Waals surface area contributed by atoms with Crippen LogP contribution in [0.25, 0.3) is 38.9 Å². The van der Waals surface area contributed by atoms with Crippen molar-refractivity contribution in [1.82, 2.24) is 28.9 Å². The van der Waals surface area contributed by atoms with Crippen molar-refractivity contribution in [3.63, 3.8) is 0 Å². The number of aromatic nitrogens is 6. The van der Waals surface area contributed by atoms with Crippen LogP contribution in [0.4, 0.5) is 13.2 Å². The lowest BCUT2D eigenvalue weighted by Crippen LogP contribution is -2.22. The molecule has 1 aromatic carbocycles. The summed E-state index contributed by atoms with van der Waals surface area (Å²) in [7, 11) is 4.83. The van der Waals surface area contributed by atoms with Crippen LogP contribution in [0.15, 0.2) is 47.8 Å². The average Bonchev–Trinajstić information content (AvgIpc) is 3.34. The van der Waals surface area contributed by atoms with Gasteiger partial charge < -0.3 is 9.47 Å². The van der Waals surface area contributed by atoms with Crippen molar-refractivity contribution in [2.45, 2.75) is 6.61 Å². The second kappa shape index (κ2) is 7.90. The molecule has 0 spiro atoms. The minimum absolute atomic E-state index is 0.347. The molecule has 0 saturated heterocycles. The fraction of sp³-hybridized carbons (Fsp3) is 0.182. The van der Waals surface area contributed by atoms with E-state index in [9.17, 15) is 18.0 Å². The summed E-state index contributed by atoms with van der Waals surface area (Å²) in [6.45, 7) is -3.14. The van der Waals surface area contributed by atoms with Crippen LogP contribution in [0.1, 0.15) is 0 Å². The Morgan fingerprint density at radius 2 is 1.85 bits per heavy atom. The molecule has 0 saturated carbocycles. The molecular weight excluding hydrogens is 453 g/mol. The van der Waals surface area contributed by atoms with E-state index in [4.69, 9.17) is 4.74 Å². The van der Waals surface area contributed by atoms with Gasteiger partial charge in [-0.3, -0.25) is 14.2 Å². The zero-order valence-corrected chi connectivity index (χ0v) is 18.2. The van der Waals surface area contributed by atoms with Crippen LogP contribution < -0.4 is 15.2 Å². The SMILES string of the molecule is COc1cc2ncc3c(c2cc1-c1cnn(C)c1)n(-c1ncc(OC(F)F)cc1F)c(=O)n3C. The smallest absolute Gasteiger partial charge is 0.387 e. The maximum Gasteiger partial charge on any atom is 0.387 e. The summed E-state index contributed by atoms with van der Waals surface area (Å²) < 4.78 is 53.8. The van der Waals surface area contributed by atoms with Gasteiger partial charge in [-0.25, -0.2) is 18.7 Å². The number of rotatable bonds is 5. The van der Waals surface area contributed by atoms with Crippen LogP contribution in [0.5, 0.6) is 11.5 Å². The Labute approximate surface area is 189 Å². The Morgan fingerprint density at radius 3 is 2.50 bits per heavy atom. The molecule has 0 fully saturated rings. The predicted molar refractivity (Wildman–Crippen MR) is 117 cm³/mol. The lowest BCUT2D eigenvalue weighted by atomic mass is 10.0. The summed E-state index contributed by atoms with van der Waals surface area (Å²) in [5, 5.41) is 4.73. The molecule has 5 rings (SSSR count). The maximum absolute atomic E-state index is 15.0. The highest BCUT2D eigenvalue weighted by atomic mass is 19.3. The molecule has 0 aliphatic heterocycles. The highest BCUT2D eigenvalue weighted by Gasteiger charge is 2.22. The number of ether oxygens (including phenoxy) is 2. The molecule has 0 radical (unpaired) electrons. The van der Waals surface area contributed by atoms with Crippen LogP contribution in [0.3, 0.4) is 0 Å². The second-order valence-electron chi connectivity index (χ2n) is 7.50. The molecule has 34 heavy (non-hydrogen) atoms. The Kier molecular flexibility index (Phi) is 5.00. The summed E-state index contributed by atoms with van der Waals surface area (Å²) in [5.74, 6) is -1.28. The number of hydrogen-bond donors (Lipinski definition) is 0. The van der Waals surface area contributed by atoms with Crippen LogP contribution in [0.2, 0.25) is 0 Å². The van der Waals surface area contributed by atoms with Crippen molar-refractivity contribution in [3.05, 3.63) is 59.3 Å². The van der Waals surface area contributed by atoms with Gasteiger partial charge in [0.2, 0.25) is 0 Å². The van der Waals surface area contributed by atoms with E-state index < -0.39 is 23.9 Å². The van der Waals surface area contributed by atoms with E-state index in [1.165, 1.54) is 24.9 Å². The number of benzene rings is 1. The molecule has 5 aromatic rings. The van der Waals surface area contributed by atoms with Gasteiger partial charge in [0.15, 0.2) is 11.6 Å². The second-order valence-corrected chi connectivity index (χ2v) is 7.50. The Hall–Kier alpha value is -4.35. The number of pyridine rings is 2. The van der Waals surface area contributed by atoms with Crippen molar-refractivity contribution in [1.29, 1.82) is 0 Å². The van der Waals surface area contributed by atoms with Gasteiger partial charge in [0.25, 0.3) is 0 Å². The molecule has 12 heteroatoms. The molecule has 0 aliphatic rings. The van der Waals surface area contributed by atoms with Crippen molar-refractivity contribution < 1.29 is 22.6 Å². The Balaban J connectivity index is 1.84. The third-order valence-corrected chi connectivity index (χ3v) is 5.45. The van der Waals surface area contributed by atoms with E-state index in [2.05, 4.69) is 19.8 Å². The van der Waals surface area contributed by atoms with Crippen molar-refractivity contribution in [2.75, 3.05) is 7.11 Å². The molecule has 0 N–H and O–H groups in total. The standard InChI is InChI=1S/C22H17F3N6O3/c1-29-10-11(7-28-29)13-5-14-16(6-18(13)33-3)26-9-17-19(14)31(22(32)30(17)2)20-15(23)4-12(8-27-20)34-21(24)25/h4-10,21H,1-3H3. The quantitative estimate of drug-likeness (QED) is 0.391. The first-order valence-electron chi connectivity index (χ1n) is 9.96. The fourth-order valence-corrected chi connectivity index (χ4v) is 3.92. The minimum atomic E-state index is -3.14. The molecule has 4 aromatic heterocycles. The largest absolute Gasteiger partial charge is 0.496 e. The zero-order valence-electron chi connectivity index (χ0n) is 18.2. The minimum Gasteiger partial charge on any atom is -0.496 e. The zero-order chi connectivity index (χ0) is 24.1. The van der Waals surface area contributed by atoms with E-state index in [1.54, 1.807) is 36.3 Å². The van der Waals surface area contributed by atoms with E-state index in [0.29, 0.717) is 33.2 Å². The molecule has 0 bridgehead atoms. The Morgan fingerprint density at radius 1 is 1.06 bits per heavy atom. The average molecular weight is 470 g/mol. The van der Waals surface area contributed by atoms with E-state index in [0.717, 1.165) is 22.4 Å². The van der Waals surface area contributed by atoms with Crippen molar-refractivity contribution in [3.8, 4) is 28.4 Å². The van der Waals surface area contributed by atoms with Gasteiger partial charge in [0, 0.05) is 48.9 Å². The third kappa shape index (κ3) is 3.34. The number of alkyl halides is 2. The number of methoxy groups -OCH3 is 1. The van der Waals surface area contributed by atoms with Gasteiger partial charge >= 0.3 is 12.3 Å². The Bertz CT molecular complexity index is 1620. The predicted octanol–water partition coefficient (Wildman–Crippen LogP) is 3.42. The van der Waals surface area contributed by atoms with Crippen LogP contribution in [0, 0.1) is 5.82 Å². The summed E-state index contributed by atoms with van der Waals surface area (Å²) in [6.07, 6.45) is 5.89. The van der Waals surface area contributed by atoms with Crippen molar-refractivity contribution >= 4 is 21.9 Å². The topological polar surface area (TPSA) is 89.0 Å². The number of imidazole rings is 1. The van der Waals surface area contributed by atoms with Crippen molar-refractivity contribution in [2.24, 2.45) is 14.1 Å². The molecular formula is C22H17F3N6O3. The van der Waals surface area contributed by atoms with E-state index in [1.807, 2.05) is 0 Å². The molecule has 0 atom stereocenters. The van der Waals surface area contributed by atoms with Gasteiger partial charge in [-0.15, -0.1) is 0 Å². The molecule has 0 aliphatic carbocycles. The van der Waals surface area contributed by atoms with Gasteiger partial charge in [-0.2, -0.15) is 13.9 Å². The molecule has 0 unspecified atom stereocenters. The van der Waals surface area contributed by atoms with Gasteiger partial charge in [-0.05, 0) is 6.07 Å². The maximum atomic E-state index is 15.0. The summed E-state index contributed by atoms with van der Waals surface area (Å²) >= 11 is 0. The third-order valence-electron chi connectivity index (χ3n) is 5.45. The lowest BCUT2D eigenvalue weighted by Gasteiger charge is -2.11. The summed E-state index contributed by atoms with van der Waals surface area (Å²) in [4.78, 5) is 21.5. The molecule has 0 amide bonds. The molecule has 4 heterocycles. The van der Waals surface area contributed by atoms with Crippen LogP contribution >= 0.6 is 0 Å². The van der Waals surface area contributed by atoms with Gasteiger partial charge in [-0.1, -0.05) is 0 Å². The monoisotopic (exact) mass is 470 g/mol. The number of fused-ring (bicyclic) bond motifs is 3. The van der Waals surface area contributed by atoms with Gasteiger partial charge in [0.05, 0.1) is 42.3 Å². The first-order chi connectivity index (χ1) is 16.3. The number of aryl methyl sites for hydroxylation is 2. The van der Waals surface area contributed by atoms with Gasteiger partial charge in [0.1, 0.15) is 11.5 Å². The normalized spacial score (nSPS) is 11.6. The lowest BCUT2D eigenvalue weighted by molar-refractivity contribution is -0.0502. The highest BCUT2D eigenvalue weighted by Crippen LogP contribution is 2.36. The van der Waals surface area contributed by atoms with Crippen LogP contribution in [-0.4, -0.2) is 42.6 Å². The van der Waals surface area contributed by atoms with Crippen LogP contribution in [-0.2, 0) is 14.1 Å². The van der Waals surface area contributed by atoms with E-state index >= 15 is 0 Å². The fourth-order valence-electron chi connectivity index (χ4n) is 3.92.